The monoisotopic (exact) mass is 366 g/mol. The number of carbonyl (C=O) groups is 1. The largest absolute Gasteiger partial charge is 0.378 e. The van der Waals surface area contributed by atoms with Crippen molar-refractivity contribution in [3.8, 4) is 0 Å². The Hall–Kier alpha value is -1.44. The Kier molecular flexibility index (Phi) is 6.09. The predicted molar refractivity (Wildman–Crippen MR) is 95.9 cm³/mol. The first-order valence-electron chi connectivity index (χ1n) is 9.07. The highest BCUT2D eigenvalue weighted by Crippen LogP contribution is 2.21. The van der Waals surface area contributed by atoms with Gasteiger partial charge in [0, 0.05) is 18.3 Å². The normalized spacial score (nSPS) is 22.0. The molecule has 1 saturated carbocycles. The van der Waals surface area contributed by atoms with Gasteiger partial charge in [0.05, 0.1) is 17.4 Å². The van der Waals surface area contributed by atoms with E-state index in [2.05, 4.69) is 10.0 Å². The Labute approximate surface area is 149 Å². The Morgan fingerprint density at radius 1 is 1.04 bits per heavy atom. The molecule has 2 aliphatic rings. The van der Waals surface area contributed by atoms with E-state index >= 15 is 0 Å². The smallest absolute Gasteiger partial charge is 0.240 e. The molecular weight excluding hydrogens is 340 g/mol. The standard InChI is InChI=1S/C18H26N2O4S/c21-18(13-16-7-3-4-12-24-16)19-14-8-10-17(11-9-14)25(22,23)20-15-5-1-2-6-15/h8-11,15-16,20H,1-7,12-13H2,(H,19,21). The molecule has 138 valence electrons. The summed E-state index contributed by atoms with van der Waals surface area (Å²) in [7, 11) is -3.49. The van der Waals surface area contributed by atoms with E-state index in [0.717, 1.165) is 51.6 Å². The van der Waals surface area contributed by atoms with Crippen molar-refractivity contribution >= 4 is 21.6 Å². The zero-order valence-corrected chi connectivity index (χ0v) is 15.2. The number of anilines is 1. The van der Waals surface area contributed by atoms with Gasteiger partial charge in [0.2, 0.25) is 15.9 Å². The first kappa shape index (κ1) is 18.4. The molecule has 0 aromatic heterocycles. The SMILES string of the molecule is O=C(CC1CCCCO1)Nc1ccc(S(=O)(=O)NC2CCCC2)cc1. The van der Waals surface area contributed by atoms with Gasteiger partial charge in [0.15, 0.2) is 0 Å². The van der Waals surface area contributed by atoms with Crippen LogP contribution in [0, 0.1) is 0 Å². The molecule has 0 radical (unpaired) electrons. The molecule has 2 N–H and O–H groups in total. The molecule has 7 heteroatoms. The zero-order chi connectivity index (χ0) is 17.7. The molecule has 3 rings (SSSR count). The summed E-state index contributed by atoms with van der Waals surface area (Å²) in [4.78, 5) is 12.3. The van der Waals surface area contributed by atoms with Crippen molar-refractivity contribution in [1.82, 2.24) is 4.72 Å². The van der Waals surface area contributed by atoms with Crippen molar-refractivity contribution in [3.63, 3.8) is 0 Å². The van der Waals surface area contributed by atoms with Gasteiger partial charge >= 0.3 is 0 Å². The van der Waals surface area contributed by atoms with Gasteiger partial charge in [0.25, 0.3) is 0 Å². The first-order chi connectivity index (χ1) is 12.0. The highest BCUT2D eigenvalue weighted by molar-refractivity contribution is 7.89. The summed E-state index contributed by atoms with van der Waals surface area (Å²) >= 11 is 0. The minimum absolute atomic E-state index is 0.0102. The van der Waals surface area contributed by atoms with Crippen LogP contribution in [0.25, 0.3) is 0 Å². The number of sulfonamides is 1. The molecule has 25 heavy (non-hydrogen) atoms. The second-order valence-corrected chi connectivity index (χ2v) is 8.58. The second-order valence-electron chi connectivity index (χ2n) is 6.87. The van der Waals surface area contributed by atoms with Gasteiger partial charge in [0.1, 0.15) is 0 Å². The van der Waals surface area contributed by atoms with Crippen molar-refractivity contribution in [1.29, 1.82) is 0 Å². The summed E-state index contributed by atoms with van der Waals surface area (Å²) in [6.07, 6.45) is 7.34. The summed E-state index contributed by atoms with van der Waals surface area (Å²) in [5.74, 6) is -0.105. The minimum Gasteiger partial charge on any atom is -0.378 e. The van der Waals surface area contributed by atoms with Crippen LogP contribution in [-0.2, 0) is 19.6 Å². The molecule has 6 nitrogen and oxygen atoms in total. The quantitative estimate of drug-likeness (QED) is 0.811. The third kappa shape index (κ3) is 5.26. The fraction of sp³-hybridized carbons (Fsp3) is 0.611. The number of carbonyl (C=O) groups excluding carboxylic acids is 1. The molecule has 2 fully saturated rings. The summed E-state index contributed by atoms with van der Waals surface area (Å²) in [5, 5.41) is 2.81. The lowest BCUT2D eigenvalue weighted by molar-refractivity contribution is -0.119. The van der Waals surface area contributed by atoms with Crippen molar-refractivity contribution < 1.29 is 17.9 Å². The molecule has 1 atom stereocenters. The van der Waals surface area contributed by atoms with E-state index < -0.39 is 10.0 Å². The number of amides is 1. The molecule has 1 saturated heterocycles. The summed E-state index contributed by atoms with van der Waals surface area (Å²) in [6, 6.07) is 6.36. The molecule has 1 aliphatic carbocycles. The molecule has 1 aromatic carbocycles. The topological polar surface area (TPSA) is 84.5 Å². The van der Waals surface area contributed by atoms with E-state index in [1.807, 2.05) is 0 Å². The Morgan fingerprint density at radius 3 is 2.36 bits per heavy atom. The second kappa shape index (κ2) is 8.29. The van der Waals surface area contributed by atoms with Crippen molar-refractivity contribution in [2.24, 2.45) is 0 Å². The van der Waals surface area contributed by atoms with Gasteiger partial charge in [-0.25, -0.2) is 13.1 Å². The summed E-state index contributed by atoms with van der Waals surface area (Å²) in [5.41, 5.74) is 0.598. The van der Waals surface area contributed by atoms with Crippen LogP contribution in [0.3, 0.4) is 0 Å². The van der Waals surface area contributed by atoms with Crippen LogP contribution >= 0.6 is 0 Å². The third-order valence-electron chi connectivity index (χ3n) is 4.81. The minimum atomic E-state index is -3.49. The lowest BCUT2D eigenvalue weighted by Gasteiger charge is -2.21. The molecule has 1 unspecified atom stereocenters. The average molecular weight is 366 g/mol. The number of benzene rings is 1. The Bertz CT molecular complexity index is 676. The summed E-state index contributed by atoms with van der Waals surface area (Å²) in [6.45, 7) is 0.721. The molecule has 0 bridgehead atoms. The highest BCUT2D eigenvalue weighted by Gasteiger charge is 2.23. The Morgan fingerprint density at radius 2 is 1.72 bits per heavy atom. The lowest BCUT2D eigenvalue weighted by Crippen LogP contribution is -2.32. The van der Waals surface area contributed by atoms with Crippen LogP contribution in [0.5, 0.6) is 0 Å². The van der Waals surface area contributed by atoms with Gasteiger partial charge < -0.3 is 10.1 Å². The number of rotatable bonds is 6. The fourth-order valence-electron chi connectivity index (χ4n) is 3.44. The van der Waals surface area contributed by atoms with Crippen LogP contribution in [0.1, 0.15) is 51.4 Å². The van der Waals surface area contributed by atoms with Gasteiger partial charge in [-0.3, -0.25) is 4.79 Å². The fourth-order valence-corrected chi connectivity index (χ4v) is 4.74. The Balaban J connectivity index is 1.54. The van der Waals surface area contributed by atoms with Crippen molar-refractivity contribution in [3.05, 3.63) is 24.3 Å². The lowest BCUT2D eigenvalue weighted by atomic mass is 10.1. The predicted octanol–water partition coefficient (Wildman–Crippen LogP) is 2.81. The van der Waals surface area contributed by atoms with E-state index in [0.29, 0.717) is 12.1 Å². The van der Waals surface area contributed by atoms with Crippen LogP contribution in [0.2, 0.25) is 0 Å². The molecule has 1 aromatic rings. The van der Waals surface area contributed by atoms with Crippen LogP contribution in [0.15, 0.2) is 29.2 Å². The first-order valence-corrected chi connectivity index (χ1v) is 10.5. The summed E-state index contributed by atoms with van der Waals surface area (Å²) < 4.78 is 33.1. The zero-order valence-electron chi connectivity index (χ0n) is 14.4. The molecule has 1 aliphatic heterocycles. The maximum Gasteiger partial charge on any atom is 0.240 e. The molecule has 0 spiro atoms. The number of nitrogens with one attached hydrogen (secondary N) is 2. The molecular formula is C18H26N2O4S. The van der Waals surface area contributed by atoms with Gasteiger partial charge in [-0.2, -0.15) is 0 Å². The van der Waals surface area contributed by atoms with Crippen LogP contribution < -0.4 is 10.0 Å². The van der Waals surface area contributed by atoms with Crippen LogP contribution in [0.4, 0.5) is 5.69 Å². The van der Waals surface area contributed by atoms with E-state index in [1.54, 1.807) is 12.1 Å². The highest BCUT2D eigenvalue weighted by atomic mass is 32.2. The third-order valence-corrected chi connectivity index (χ3v) is 6.35. The number of ether oxygens (including phenoxy) is 1. The molecule has 1 heterocycles. The van der Waals surface area contributed by atoms with E-state index in [9.17, 15) is 13.2 Å². The van der Waals surface area contributed by atoms with E-state index in [4.69, 9.17) is 4.74 Å². The molecule has 1 amide bonds. The maximum atomic E-state index is 12.4. The maximum absolute atomic E-state index is 12.4. The van der Waals surface area contributed by atoms with Crippen molar-refractivity contribution in [2.75, 3.05) is 11.9 Å². The van der Waals surface area contributed by atoms with Gasteiger partial charge in [-0.1, -0.05) is 12.8 Å². The van der Waals surface area contributed by atoms with Gasteiger partial charge in [-0.15, -0.1) is 0 Å². The number of hydrogen-bond donors (Lipinski definition) is 2. The van der Waals surface area contributed by atoms with Crippen molar-refractivity contribution in [2.45, 2.75) is 68.4 Å². The van der Waals surface area contributed by atoms with E-state index in [1.165, 1.54) is 12.1 Å². The number of hydrogen-bond acceptors (Lipinski definition) is 4. The van der Waals surface area contributed by atoms with E-state index in [-0.39, 0.29) is 22.9 Å². The average Bonchev–Trinajstić information content (AvgIpc) is 3.08. The van der Waals surface area contributed by atoms with Crippen LogP contribution in [-0.4, -0.2) is 33.1 Å². The van der Waals surface area contributed by atoms with Gasteiger partial charge in [-0.05, 0) is 56.4 Å².